The van der Waals surface area contributed by atoms with Crippen LogP contribution in [-0.4, -0.2) is 12.2 Å². The fraction of sp³-hybridized carbons (Fsp3) is 0.200. The lowest BCUT2D eigenvalue weighted by atomic mass is 10.1. The maximum atomic E-state index is 8.99. The molecule has 0 fully saturated rings. The number of benzene rings is 2. The summed E-state index contributed by atoms with van der Waals surface area (Å²) in [5.41, 5.74) is 3.11. The molecule has 0 bridgehead atoms. The number of rotatable bonds is 5. The zero-order valence-corrected chi connectivity index (χ0v) is 12.3. The summed E-state index contributed by atoms with van der Waals surface area (Å²) >= 11 is 3.51. The topological polar surface area (TPSA) is 41.5 Å². The van der Waals surface area contributed by atoms with Gasteiger partial charge in [0.15, 0.2) is 0 Å². The highest BCUT2D eigenvalue weighted by molar-refractivity contribution is 9.10. The Morgan fingerprint density at radius 2 is 1.79 bits per heavy atom. The first-order valence-corrected chi connectivity index (χ1v) is 6.78. The van der Waals surface area contributed by atoms with Crippen LogP contribution in [0.25, 0.3) is 0 Å². The molecule has 3 nitrogen and oxygen atoms in total. The average Bonchev–Trinajstić information content (AvgIpc) is 2.46. The molecule has 0 aliphatic heterocycles. The van der Waals surface area contributed by atoms with Gasteiger partial charge in [0.05, 0.1) is 13.7 Å². The smallest absolute Gasteiger partial charge is 0.120 e. The van der Waals surface area contributed by atoms with Gasteiger partial charge in [-0.05, 0) is 45.3 Å². The standard InChI is InChI=1S/C15H16BrNO2/c1-19-13-6-7-15(14(16)8-13)17-9-11-2-4-12(10-18)5-3-11/h2-8,17-18H,9-10H2,1H3. The summed E-state index contributed by atoms with van der Waals surface area (Å²) in [7, 11) is 1.65. The van der Waals surface area contributed by atoms with E-state index < -0.39 is 0 Å². The molecule has 0 aromatic heterocycles. The van der Waals surface area contributed by atoms with E-state index in [0.717, 1.165) is 28.0 Å². The molecule has 0 aliphatic carbocycles. The highest BCUT2D eigenvalue weighted by atomic mass is 79.9. The Labute approximate surface area is 121 Å². The second-order valence-corrected chi connectivity index (χ2v) is 5.03. The van der Waals surface area contributed by atoms with Crippen LogP contribution in [0.5, 0.6) is 5.75 Å². The first kappa shape index (κ1) is 13.9. The summed E-state index contributed by atoms with van der Waals surface area (Å²) in [4.78, 5) is 0. The maximum Gasteiger partial charge on any atom is 0.120 e. The molecule has 0 saturated carbocycles. The molecule has 0 heterocycles. The number of nitrogens with one attached hydrogen (secondary N) is 1. The molecule has 19 heavy (non-hydrogen) atoms. The molecular weight excluding hydrogens is 306 g/mol. The van der Waals surface area contributed by atoms with Gasteiger partial charge in [-0.2, -0.15) is 0 Å². The van der Waals surface area contributed by atoms with Gasteiger partial charge in [0.1, 0.15) is 5.75 Å². The quantitative estimate of drug-likeness (QED) is 0.884. The van der Waals surface area contributed by atoms with Crippen molar-refractivity contribution in [2.45, 2.75) is 13.2 Å². The summed E-state index contributed by atoms with van der Waals surface area (Å²) in [5.74, 6) is 0.824. The van der Waals surface area contributed by atoms with Gasteiger partial charge in [-0.15, -0.1) is 0 Å². The molecule has 100 valence electrons. The van der Waals surface area contributed by atoms with Crippen LogP contribution in [-0.2, 0) is 13.2 Å². The number of hydrogen-bond acceptors (Lipinski definition) is 3. The SMILES string of the molecule is COc1ccc(NCc2ccc(CO)cc2)c(Br)c1. The van der Waals surface area contributed by atoms with Crippen molar-refractivity contribution in [1.29, 1.82) is 0 Å². The number of halogens is 1. The molecule has 2 aromatic rings. The van der Waals surface area contributed by atoms with Crippen molar-refractivity contribution >= 4 is 21.6 Å². The molecule has 0 atom stereocenters. The Kier molecular flexibility index (Phi) is 4.82. The summed E-state index contributed by atoms with van der Waals surface area (Å²) in [5, 5.41) is 12.3. The largest absolute Gasteiger partial charge is 0.497 e. The van der Waals surface area contributed by atoms with Crippen molar-refractivity contribution in [2.24, 2.45) is 0 Å². The van der Waals surface area contributed by atoms with E-state index >= 15 is 0 Å². The van der Waals surface area contributed by atoms with Crippen molar-refractivity contribution in [2.75, 3.05) is 12.4 Å². The molecule has 2 aromatic carbocycles. The van der Waals surface area contributed by atoms with Gasteiger partial charge in [0, 0.05) is 16.7 Å². The Morgan fingerprint density at radius 3 is 2.37 bits per heavy atom. The van der Waals surface area contributed by atoms with Crippen molar-refractivity contribution < 1.29 is 9.84 Å². The van der Waals surface area contributed by atoms with Gasteiger partial charge in [-0.25, -0.2) is 0 Å². The van der Waals surface area contributed by atoms with Crippen molar-refractivity contribution in [1.82, 2.24) is 0 Å². The molecule has 0 saturated heterocycles. The Morgan fingerprint density at radius 1 is 1.11 bits per heavy atom. The molecule has 0 amide bonds. The summed E-state index contributed by atoms with van der Waals surface area (Å²) < 4.78 is 6.13. The van der Waals surface area contributed by atoms with E-state index in [1.54, 1.807) is 7.11 Å². The number of methoxy groups -OCH3 is 1. The van der Waals surface area contributed by atoms with Crippen molar-refractivity contribution in [3.63, 3.8) is 0 Å². The normalized spacial score (nSPS) is 10.3. The monoisotopic (exact) mass is 321 g/mol. The number of hydrogen-bond donors (Lipinski definition) is 2. The molecular formula is C15H16BrNO2. The first-order chi connectivity index (χ1) is 9.22. The number of ether oxygens (including phenoxy) is 1. The number of aliphatic hydroxyl groups is 1. The van der Waals surface area contributed by atoms with E-state index in [1.165, 1.54) is 5.56 Å². The Hall–Kier alpha value is -1.52. The molecule has 0 spiro atoms. The summed E-state index contributed by atoms with van der Waals surface area (Å²) in [6.07, 6.45) is 0. The van der Waals surface area contributed by atoms with Gasteiger partial charge in [-0.3, -0.25) is 0 Å². The maximum absolute atomic E-state index is 8.99. The highest BCUT2D eigenvalue weighted by Crippen LogP contribution is 2.27. The third-order valence-corrected chi connectivity index (χ3v) is 3.52. The fourth-order valence-corrected chi connectivity index (χ4v) is 2.22. The van der Waals surface area contributed by atoms with Crippen LogP contribution in [0.1, 0.15) is 11.1 Å². The van der Waals surface area contributed by atoms with Crippen LogP contribution < -0.4 is 10.1 Å². The van der Waals surface area contributed by atoms with Crippen molar-refractivity contribution in [3.8, 4) is 5.75 Å². The predicted octanol–water partition coefficient (Wildman–Crippen LogP) is 3.56. The molecule has 2 N–H and O–H groups in total. The molecule has 0 radical (unpaired) electrons. The average molecular weight is 322 g/mol. The van der Waals surface area contributed by atoms with Gasteiger partial charge in [-0.1, -0.05) is 24.3 Å². The van der Waals surface area contributed by atoms with Crippen LogP contribution in [0.4, 0.5) is 5.69 Å². The van der Waals surface area contributed by atoms with E-state index in [4.69, 9.17) is 9.84 Å². The lowest BCUT2D eigenvalue weighted by Crippen LogP contribution is -2.00. The van der Waals surface area contributed by atoms with Crippen LogP contribution in [0.3, 0.4) is 0 Å². The summed E-state index contributed by atoms with van der Waals surface area (Å²) in [6, 6.07) is 13.7. The second kappa shape index (κ2) is 6.59. The van der Waals surface area contributed by atoms with Crippen LogP contribution in [0.2, 0.25) is 0 Å². The number of anilines is 1. The van der Waals surface area contributed by atoms with Crippen molar-refractivity contribution in [3.05, 3.63) is 58.1 Å². The third-order valence-electron chi connectivity index (χ3n) is 2.86. The van der Waals surface area contributed by atoms with Crippen LogP contribution >= 0.6 is 15.9 Å². The molecule has 0 aliphatic rings. The predicted molar refractivity (Wildman–Crippen MR) is 80.4 cm³/mol. The zero-order valence-electron chi connectivity index (χ0n) is 10.7. The lowest BCUT2D eigenvalue weighted by molar-refractivity contribution is 0.282. The van der Waals surface area contributed by atoms with E-state index in [9.17, 15) is 0 Å². The Bertz CT molecular complexity index is 540. The fourth-order valence-electron chi connectivity index (χ4n) is 1.73. The zero-order chi connectivity index (χ0) is 13.7. The minimum Gasteiger partial charge on any atom is -0.497 e. The summed E-state index contributed by atoms with van der Waals surface area (Å²) in [6.45, 7) is 0.814. The van der Waals surface area contributed by atoms with Gasteiger partial charge >= 0.3 is 0 Å². The van der Waals surface area contributed by atoms with E-state index in [1.807, 2.05) is 42.5 Å². The molecule has 2 rings (SSSR count). The van der Waals surface area contributed by atoms with Crippen LogP contribution in [0, 0.1) is 0 Å². The minimum absolute atomic E-state index is 0.0811. The van der Waals surface area contributed by atoms with Gasteiger partial charge < -0.3 is 15.2 Å². The number of aliphatic hydroxyl groups excluding tert-OH is 1. The molecule has 0 unspecified atom stereocenters. The third kappa shape index (κ3) is 3.72. The Balaban J connectivity index is 2.01. The first-order valence-electron chi connectivity index (χ1n) is 5.99. The minimum atomic E-state index is 0.0811. The van der Waals surface area contributed by atoms with Gasteiger partial charge in [0.2, 0.25) is 0 Å². The second-order valence-electron chi connectivity index (χ2n) is 4.17. The lowest BCUT2D eigenvalue weighted by Gasteiger charge is -2.10. The van der Waals surface area contributed by atoms with E-state index in [-0.39, 0.29) is 6.61 Å². The molecule has 4 heteroatoms. The highest BCUT2D eigenvalue weighted by Gasteiger charge is 2.01. The van der Waals surface area contributed by atoms with Crippen LogP contribution in [0.15, 0.2) is 46.9 Å². The van der Waals surface area contributed by atoms with E-state index in [0.29, 0.717) is 0 Å². The van der Waals surface area contributed by atoms with Gasteiger partial charge in [0.25, 0.3) is 0 Å². The van der Waals surface area contributed by atoms with E-state index in [2.05, 4.69) is 21.2 Å².